The van der Waals surface area contributed by atoms with Crippen molar-refractivity contribution in [3.05, 3.63) is 15.8 Å². The number of nitrogens with zero attached hydrogens (tertiary/aromatic N) is 1. The van der Waals surface area contributed by atoms with Crippen molar-refractivity contribution in [2.45, 2.75) is 29.9 Å². The minimum absolute atomic E-state index is 0.235. The van der Waals surface area contributed by atoms with Crippen LogP contribution in [0.4, 0.5) is 0 Å². The Morgan fingerprint density at radius 1 is 1.35 bits per heavy atom. The normalized spacial score (nSPS) is 24.4. The highest BCUT2D eigenvalue weighted by molar-refractivity contribution is 7.89. The quantitative estimate of drug-likeness (QED) is 0.768. The molecular weight excluding hydrogens is 322 g/mol. The Bertz CT molecular complexity index is 560. The largest absolute Gasteiger partial charge is 0.377 e. The van der Waals surface area contributed by atoms with Crippen LogP contribution in [0.5, 0.6) is 0 Å². The summed E-state index contributed by atoms with van der Waals surface area (Å²) in [6, 6.07) is 1.66. The van der Waals surface area contributed by atoms with E-state index in [0.29, 0.717) is 23.9 Å². The Labute approximate surface area is 128 Å². The van der Waals surface area contributed by atoms with Gasteiger partial charge in [-0.3, -0.25) is 0 Å². The van der Waals surface area contributed by atoms with Gasteiger partial charge in [0.1, 0.15) is 0 Å². The van der Waals surface area contributed by atoms with E-state index in [1.165, 1.54) is 15.6 Å². The second-order valence-corrected chi connectivity index (χ2v) is 8.15. The van der Waals surface area contributed by atoms with Crippen LogP contribution in [-0.2, 0) is 25.4 Å². The van der Waals surface area contributed by atoms with E-state index in [1.807, 2.05) is 0 Å². The van der Waals surface area contributed by atoms with E-state index in [9.17, 15) is 8.42 Å². The summed E-state index contributed by atoms with van der Waals surface area (Å²) in [6.45, 7) is 2.41. The van der Waals surface area contributed by atoms with E-state index in [1.54, 1.807) is 27.2 Å². The molecule has 1 aromatic heterocycles. The Kier molecular flexibility index (Phi) is 5.09. The van der Waals surface area contributed by atoms with E-state index in [2.05, 4.69) is 0 Å². The summed E-state index contributed by atoms with van der Waals surface area (Å²) >= 11 is 7.19. The van der Waals surface area contributed by atoms with Gasteiger partial charge in [0.25, 0.3) is 0 Å². The summed E-state index contributed by atoms with van der Waals surface area (Å²) in [6.07, 6.45) is -0.470. The number of ether oxygens (including phenoxy) is 2. The van der Waals surface area contributed by atoms with Crippen molar-refractivity contribution < 1.29 is 17.9 Å². The molecule has 1 fully saturated rings. The first-order valence-corrected chi connectivity index (χ1v) is 8.94. The molecule has 0 radical (unpaired) electrons. The average molecular weight is 340 g/mol. The number of rotatable bonds is 5. The number of hydrogen-bond acceptors (Lipinski definition) is 5. The fraction of sp³-hybridized carbons (Fsp3) is 0.667. The molecule has 2 rings (SSSR count). The van der Waals surface area contributed by atoms with Crippen molar-refractivity contribution in [3.8, 4) is 0 Å². The predicted octanol–water partition coefficient (Wildman–Crippen LogP) is 1.83. The van der Waals surface area contributed by atoms with Crippen LogP contribution in [0, 0.1) is 6.92 Å². The number of thiophene rings is 1. The molecule has 1 aliphatic rings. The zero-order chi connectivity index (χ0) is 14.9. The van der Waals surface area contributed by atoms with Gasteiger partial charge in [0.05, 0.1) is 23.0 Å². The summed E-state index contributed by atoms with van der Waals surface area (Å²) in [5.41, 5.74) is 0. The minimum Gasteiger partial charge on any atom is -0.377 e. The Hall–Kier alpha value is -0.180. The van der Waals surface area contributed by atoms with E-state index in [4.69, 9.17) is 21.1 Å². The summed E-state index contributed by atoms with van der Waals surface area (Å²) in [4.78, 5) is 1.95. The van der Waals surface area contributed by atoms with Crippen LogP contribution in [0.1, 0.15) is 9.75 Å². The van der Waals surface area contributed by atoms with Crippen LogP contribution in [0.25, 0.3) is 0 Å². The van der Waals surface area contributed by atoms with Gasteiger partial charge in [-0.15, -0.1) is 22.9 Å². The van der Waals surface area contributed by atoms with Crippen LogP contribution in [0.3, 0.4) is 0 Å². The van der Waals surface area contributed by atoms with Gasteiger partial charge in [-0.25, -0.2) is 8.42 Å². The molecule has 0 amide bonds. The molecule has 2 unspecified atom stereocenters. The fourth-order valence-corrected chi connectivity index (χ4v) is 5.50. The fourth-order valence-electron chi connectivity index (χ4n) is 2.35. The van der Waals surface area contributed by atoms with Gasteiger partial charge in [0, 0.05) is 37.1 Å². The van der Waals surface area contributed by atoms with Gasteiger partial charge in [-0.1, -0.05) is 0 Å². The van der Waals surface area contributed by atoms with Crippen molar-refractivity contribution in [1.82, 2.24) is 4.31 Å². The number of halogens is 1. The molecule has 0 aromatic carbocycles. The van der Waals surface area contributed by atoms with E-state index < -0.39 is 10.0 Å². The van der Waals surface area contributed by atoms with Crippen molar-refractivity contribution in [3.63, 3.8) is 0 Å². The summed E-state index contributed by atoms with van der Waals surface area (Å²) in [7, 11) is -0.392. The topological polar surface area (TPSA) is 55.8 Å². The molecule has 1 saturated heterocycles. The summed E-state index contributed by atoms with van der Waals surface area (Å²) < 4.78 is 37.4. The van der Waals surface area contributed by atoms with E-state index in [-0.39, 0.29) is 12.2 Å². The first-order valence-electron chi connectivity index (χ1n) is 6.15. The van der Waals surface area contributed by atoms with E-state index >= 15 is 0 Å². The third-order valence-electron chi connectivity index (χ3n) is 3.46. The lowest BCUT2D eigenvalue weighted by atomic mass is 10.3. The SMILES string of the molecule is COC1CN(S(=O)(=O)c2cc(CCl)sc2C)CC1OC. The second kappa shape index (κ2) is 6.29. The molecule has 0 N–H and O–H groups in total. The highest BCUT2D eigenvalue weighted by Gasteiger charge is 2.40. The van der Waals surface area contributed by atoms with Gasteiger partial charge in [-0.2, -0.15) is 4.31 Å². The van der Waals surface area contributed by atoms with Crippen molar-refractivity contribution in [2.75, 3.05) is 27.3 Å². The standard InChI is InChI=1S/C12H18ClNO4S2/c1-8-12(4-9(5-13)19-8)20(15,16)14-6-10(17-2)11(7-14)18-3/h4,10-11H,5-7H2,1-3H3. The van der Waals surface area contributed by atoms with Crippen LogP contribution in [0.15, 0.2) is 11.0 Å². The number of sulfonamides is 1. The maximum atomic E-state index is 12.7. The third-order valence-corrected chi connectivity index (χ3v) is 7.04. The molecule has 0 aliphatic carbocycles. The molecule has 8 heteroatoms. The first kappa shape index (κ1) is 16.2. The molecule has 0 bridgehead atoms. The minimum atomic E-state index is -3.52. The van der Waals surface area contributed by atoms with Crippen molar-refractivity contribution in [1.29, 1.82) is 0 Å². The molecule has 1 aromatic rings. The number of alkyl halides is 1. The van der Waals surface area contributed by atoms with Crippen LogP contribution < -0.4 is 0 Å². The molecule has 20 heavy (non-hydrogen) atoms. The van der Waals surface area contributed by atoms with Gasteiger partial charge < -0.3 is 9.47 Å². The first-order chi connectivity index (χ1) is 9.43. The lowest BCUT2D eigenvalue weighted by Crippen LogP contribution is -2.30. The van der Waals surface area contributed by atoms with Crippen LogP contribution in [-0.4, -0.2) is 52.2 Å². The molecule has 114 valence electrons. The molecule has 0 saturated carbocycles. The number of aryl methyl sites for hydroxylation is 1. The highest BCUT2D eigenvalue weighted by Crippen LogP contribution is 2.31. The predicted molar refractivity (Wildman–Crippen MR) is 79.0 cm³/mol. The molecule has 0 spiro atoms. The maximum absolute atomic E-state index is 12.7. The Morgan fingerprint density at radius 3 is 2.30 bits per heavy atom. The average Bonchev–Trinajstić information content (AvgIpc) is 3.01. The highest BCUT2D eigenvalue weighted by atomic mass is 35.5. The zero-order valence-electron chi connectivity index (χ0n) is 11.6. The summed E-state index contributed by atoms with van der Waals surface area (Å²) in [5, 5.41) is 0. The molecular formula is C12H18ClNO4S2. The molecule has 5 nitrogen and oxygen atoms in total. The van der Waals surface area contributed by atoms with Gasteiger partial charge >= 0.3 is 0 Å². The lowest BCUT2D eigenvalue weighted by molar-refractivity contribution is -0.00461. The number of methoxy groups -OCH3 is 2. The zero-order valence-corrected chi connectivity index (χ0v) is 14.0. The smallest absolute Gasteiger partial charge is 0.244 e. The molecule has 1 aliphatic heterocycles. The van der Waals surface area contributed by atoms with Gasteiger partial charge in [-0.05, 0) is 13.0 Å². The monoisotopic (exact) mass is 339 g/mol. The van der Waals surface area contributed by atoms with Crippen molar-refractivity contribution in [2.24, 2.45) is 0 Å². The van der Waals surface area contributed by atoms with Gasteiger partial charge in [0.2, 0.25) is 10.0 Å². The van der Waals surface area contributed by atoms with Crippen molar-refractivity contribution >= 4 is 33.0 Å². The maximum Gasteiger partial charge on any atom is 0.244 e. The van der Waals surface area contributed by atoms with Crippen LogP contribution >= 0.6 is 22.9 Å². The summed E-state index contributed by atoms with van der Waals surface area (Å²) in [5.74, 6) is 0.322. The van der Waals surface area contributed by atoms with Crippen LogP contribution in [0.2, 0.25) is 0 Å². The molecule has 2 heterocycles. The van der Waals surface area contributed by atoms with Gasteiger partial charge in [0.15, 0.2) is 0 Å². The second-order valence-electron chi connectivity index (χ2n) is 4.64. The van der Waals surface area contributed by atoms with E-state index in [0.717, 1.165) is 9.75 Å². The Balaban J connectivity index is 2.29. The third kappa shape index (κ3) is 2.88. The lowest BCUT2D eigenvalue weighted by Gasteiger charge is -2.15. The Morgan fingerprint density at radius 2 is 1.90 bits per heavy atom. The molecule has 2 atom stereocenters. The number of hydrogen-bond donors (Lipinski definition) is 0.